The van der Waals surface area contributed by atoms with E-state index >= 15 is 0 Å². The molecule has 4 N–H and O–H groups in total. The number of carbonyl (C=O) groups is 2. The Morgan fingerprint density at radius 2 is 1.70 bits per heavy atom. The summed E-state index contributed by atoms with van der Waals surface area (Å²) in [4.78, 5) is 33.3. The minimum absolute atomic E-state index is 0.0455. The molecule has 1 aliphatic heterocycles. The molecule has 1 aliphatic carbocycles. The molecule has 1 unspecified atom stereocenters. The van der Waals surface area contributed by atoms with Crippen molar-refractivity contribution >= 4 is 23.4 Å². The number of nitrogens with two attached hydrogens (primary N) is 1. The molecule has 0 saturated heterocycles. The van der Waals surface area contributed by atoms with Crippen LogP contribution in [-0.2, 0) is 10.2 Å². The van der Waals surface area contributed by atoms with Crippen LogP contribution < -0.4 is 11.1 Å². The summed E-state index contributed by atoms with van der Waals surface area (Å²) in [6, 6.07) is 14.1. The minimum Gasteiger partial charge on any atom is -0.384 e. The van der Waals surface area contributed by atoms with Crippen LogP contribution in [0.2, 0.25) is 0 Å². The number of amides is 2. The maximum atomic E-state index is 14.0. The van der Waals surface area contributed by atoms with Crippen molar-refractivity contribution in [2.75, 3.05) is 13.1 Å². The van der Waals surface area contributed by atoms with Crippen LogP contribution in [0.1, 0.15) is 98.7 Å². The summed E-state index contributed by atoms with van der Waals surface area (Å²) < 4.78 is 40.4. The van der Waals surface area contributed by atoms with Gasteiger partial charge in [-0.25, -0.2) is 0 Å². The van der Waals surface area contributed by atoms with Gasteiger partial charge in [0.25, 0.3) is 11.8 Å². The molecule has 1 heterocycles. The summed E-state index contributed by atoms with van der Waals surface area (Å²) in [7, 11) is 0. The van der Waals surface area contributed by atoms with Gasteiger partial charge in [-0.15, -0.1) is 5.10 Å². The number of benzene rings is 2. The van der Waals surface area contributed by atoms with Gasteiger partial charge >= 0.3 is 6.18 Å². The maximum Gasteiger partial charge on any atom is 0.389 e. The Bertz CT molecular complexity index is 1410. The lowest BCUT2D eigenvalue weighted by molar-refractivity contribution is -0.137. The predicted molar refractivity (Wildman–Crippen MR) is 163 cm³/mol. The molecule has 1 saturated carbocycles. The average molecular weight is 612 g/mol. The Morgan fingerprint density at radius 3 is 2.27 bits per heavy atom. The first-order valence-electron chi connectivity index (χ1n) is 14.9. The number of rotatable bonds is 10. The standard InChI is InChI=1S/C32H40F3N7O2/c1-30(2,3)25-13-11-22(12-14-25)27-29(44)42(31(39-27)16-5-4-6-17-31)20-24(15-18-32(33,34)35)21-7-9-23(10-8-21)28(43)38-19-26(36)40-41-37/h7-14,24H,4-6,15-20H2,1-3H3,(H,38,43)(H3,36,37,40). The second-order valence-electron chi connectivity index (χ2n) is 12.6. The van der Waals surface area contributed by atoms with Crippen molar-refractivity contribution in [1.29, 1.82) is 5.53 Å². The summed E-state index contributed by atoms with van der Waals surface area (Å²) in [5, 5.41) is 8.70. The molecule has 9 nitrogen and oxygen atoms in total. The number of alkyl halides is 3. The molecule has 236 valence electrons. The van der Waals surface area contributed by atoms with Crippen LogP contribution in [0.5, 0.6) is 0 Å². The topological polar surface area (TPSA) is 136 Å². The number of halogens is 3. The lowest BCUT2D eigenvalue weighted by Gasteiger charge is -2.41. The number of nitrogens with one attached hydrogen (secondary N) is 2. The second kappa shape index (κ2) is 13.3. The largest absolute Gasteiger partial charge is 0.389 e. The fourth-order valence-corrected chi connectivity index (χ4v) is 5.90. The zero-order valence-electron chi connectivity index (χ0n) is 25.4. The molecule has 2 aromatic carbocycles. The molecular formula is C32H40F3N7O2. The van der Waals surface area contributed by atoms with Crippen LogP contribution in [0.4, 0.5) is 13.2 Å². The fourth-order valence-electron chi connectivity index (χ4n) is 5.90. The van der Waals surface area contributed by atoms with Crippen molar-refractivity contribution in [3.63, 3.8) is 0 Å². The van der Waals surface area contributed by atoms with Crippen LogP contribution in [0.15, 0.2) is 63.8 Å². The molecule has 1 fully saturated rings. The number of hydrogen-bond acceptors (Lipinski definition) is 5. The van der Waals surface area contributed by atoms with Gasteiger partial charge in [-0.3, -0.25) is 14.6 Å². The highest BCUT2D eigenvalue weighted by molar-refractivity contribution is 6.46. The van der Waals surface area contributed by atoms with Gasteiger partial charge in [0.1, 0.15) is 17.2 Å². The number of amidine groups is 1. The smallest absolute Gasteiger partial charge is 0.384 e. The normalized spacial score (nSPS) is 17.9. The molecule has 12 heteroatoms. The molecule has 2 aliphatic rings. The third-order valence-electron chi connectivity index (χ3n) is 8.38. The molecular weight excluding hydrogens is 571 g/mol. The van der Waals surface area contributed by atoms with E-state index in [1.54, 1.807) is 17.0 Å². The lowest BCUT2D eigenvalue weighted by Crippen LogP contribution is -2.49. The van der Waals surface area contributed by atoms with Crippen molar-refractivity contribution in [1.82, 2.24) is 10.2 Å². The summed E-state index contributed by atoms with van der Waals surface area (Å²) in [5.41, 5.74) is 14.5. The van der Waals surface area contributed by atoms with Gasteiger partial charge in [0, 0.05) is 30.0 Å². The maximum absolute atomic E-state index is 14.0. The van der Waals surface area contributed by atoms with E-state index < -0.39 is 30.1 Å². The van der Waals surface area contributed by atoms with Crippen molar-refractivity contribution < 1.29 is 22.8 Å². The van der Waals surface area contributed by atoms with Gasteiger partial charge in [0.2, 0.25) is 0 Å². The van der Waals surface area contributed by atoms with Crippen molar-refractivity contribution in [3.8, 4) is 0 Å². The number of aliphatic imine (C=N–C) groups is 1. The number of carbonyl (C=O) groups excluding carboxylic acids is 2. The van der Waals surface area contributed by atoms with E-state index in [-0.39, 0.29) is 42.2 Å². The molecule has 0 aromatic heterocycles. The van der Waals surface area contributed by atoms with Crippen molar-refractivity contribution in [3.05, 3.63) is 70.8 Å². The van der Waals surface area contributed by atoms with Gasteiger partial charge < -0.3 is 16.0 Å². The zero-order chi connectivity index (χ0) is 32.1. The van der Waals surface area contributed by atoms with E-state index in [9.17, 15) is 22.8 Å². The van der Waals surface area contributed by atoms with Gasteiger partial charge in [-0.05, 0) is 60.8 Å². The summed E-state index contributed by atoms with van der Waals surface area (Å²) >= 11 is 0. The molecule has 1 spiro atoms. The molecule has 4 rings (SSSR count). The van der Waals surface area contributed by atoms with Gasteiger partial charge in [-0.1, -0.05) is 68.8 Å². The van der Waals surface area contributed by atoms with Gasteiger partial charge in [0.05, 0.1) is 6.54 Å². The number of nitrogens with zero attached hydrogens (tertiary/aromatic N) is 4. The van der Waals surface area contributed by atoms with Gasteiger partial charge in [0.15, 0.2) is 0 Å². The average Bonchev–Trinajstić information content (AvgIpc) is 3.23. The Balaban J connectivity index is 1.61. The van der Waals surface area contributed by atoms with Crippen LogP contribution in [0, 0.1) is 5.53 Å². The molecule has 44 heavy (non-hydrogen) atoms. The van der Waals surface area contributed by atoms with E-state index in [2.05, 4.69) is 36.4 Å². The Hall–Kier alpha value is -4.09. The van der Waals surface area contributed by atoms with Gasteiger partial charge in [-0.2, -0.15) is 18.7 Å². The van der Waals surface area contributed by atoms with Crippen LogP contribution in [0.3, 0.4) is 0 Å². The van der Waals surface area contributed by atoms with E-state index in [1.165, 1.54) is 12.1 Å². The summed E-state index contributed by atoms with van der Waals surface area (Å²) in [6.07, 6.45) is -1.48. The van der Waals surface area contributed by atoms with E-state index in [0.29, 0.717) is 29.7 Å². The first-order valence-corrected chi connectivity index (χ1v) is 14.9. The first-order chi connectivity index (χ1) is 20.7. The van der Waals surface area contributed by atoms with Crippen LogP contribution in [-0.4, -0.2) is 53.2 Å². The second-order valence-corrected chi connectivity index (χ2v) is 12.6. The Labute approximate surface area is 255 Å². The van der Waals surface area contributed by atoms with Crippen LogP contribution >= 0.6 is 0 Å². The Kier molecular flexibility index (Phi) is 9.90. The van der Waals surface area contributed by atoms with E-state index in [1.807, 2.05) is 24.3 Å². The van der Waals surface area contributed by atoms with Crippen molar-refractivity contribution in [2.24, 2.45) is 21.1 Å². The molecule has 2 amide bonds. The van der Waals surface area contributed by atoms with E-state index in [4.69, 9.17) is 16.3 Å². The van der Waals surface area contributed by atoms with Crippen LogP contribution in [0.25, 0.3) is 0 Å². The highest BCUT2D eigenvalue weighted by atomic mass is 19.4. The third kappa shape index (κ3) is 7.89. The van der Waals surface area contributed by atoms with E-state index in [0.717, 1.165) is 24.8 Å². The molecule has 1 atom stereocenters. The molecule has 0 bridgehead atoms. The monoisotopic (exact) mass is 611 g/mol. The SMILES string of the molecule is CC(C)(C)c1ccc(C2=NC3(CCCCC3)N(CC(CCC(F)(F)F)c3ccc(C(=O)NC/C(N)=N/N=N)cc3)C2=O)cc1. The third-order valence-corrected chi connectivity index (χ3v) is 8.38. The van der Waals surface area contributed by atoms with Crippen molar-refractivity contribution in [2.45, 2.75) is 88.9 Å². The number of hydrogen-bond donors (Lipinski definition) is 3. The summed E-state index contributed by atoms with van der Waals surface area (Å²) in [5.74, 6) is -1.40. The quantitative estimate of drug-likeness (QED) is 0.124. The lowest BCUT2D eigenvalue weighted by atomic mass is 9.86. The highest BCUT2D eigenvalue weighted by Crippen LogP contribution is 2.42. The summed E-state index contributed by atoms with van der Waals surface area (Å²) in [6.45, 7) is 6.31. The predicted octanol–water partition coefficient (Wildman–Crippen LogP) is 6.44. The first kappa shape index (κ1) is 32.8. The minimum atomic E-state index is -4.36. The molecule has 2 aromatic rings. The zero-order valence-corrected chi connectivity index (χ0v) is 25.4. The fraction of sp³-hybridized carbons (Fsp3) is 0.500. The highest BCUT2D eigenvalue weighted by Gasteiger charge is 2.48. The Morgan fingerprint density at radius 1 is 1.07 bits per heavy atom. The molecule has 0 radical (unpaired) electrons.